The number of nitrogens with two attached hydrogens (primary N) is 1. The highest BCUT2D eigenvalue weighted by atomic mass is 32.2. The van der Waals surface area contributed by atoms with Crippen molar-refractivity contribution in [2.45, 2.75) is 18.6 Å². The van der Waals surface area contributed by atoms with Crippen LogP contribution in [0.5, 0.6) is 0 Å². The van der Waals surface area contributed by atoms with Gasteiger partial charge in [-0.3, -0.25) is 9.59 Å². The summed E-state index contributed by atoms with van der Waals surface area (Å²) in [4.78, 5) is 26.2. The number of amides is 1. The largest absolute Gasteiger partial charge is 0.378 e. The predicted molar refractivity (Wildman–Crippen MR) is 68.2 cm³/mol. The maximum atomic E-state index is 11.4. The van der Waals surface area contributed by atoms with Crippen LogP contribution in [0.4, 0.5) is 0 Å². The lowest BCUT2D eigenvalue weighted by molar-refractivity contribution is -0.117. The van der Waals surface area contributed by atoms with Crippen LogP contribution >= 0.6 is 11.8 Å². The third-order valence-corrected chi connectivity index (χ3v) is 3.53. The molecule has 4 nitrogen and oxygen atoms in total. The van der Waals surface area contributed by atoms with Crippen molar-refractivity contribution >= 4 is 28.6 Å². The minimum Gasteiger partial charge on any atom is -0.378 e. The summed E-state index contributed by atoms with van der Waals surface area (Å²) in [5, 5.41) is 0.110. The SMILES string of the molecule is CC(=O)c1ccc(C[C@@H]2SC(N)=NC2=O)cc1. The summed E-state index contributed by atoms with van der Waals surface area (Å²) in [5.74, 6) is -0.140. The molecule has 2 N–H and O–H groups in total. The van der Waals surface area contributed by atoms with Crippen LogP contribution in [0.15, 0.2) is 29.3 Å². The van der Waals surface area contributed by atoms with Crippen molar-refractivity contribution < 1.29 is 9.59 Å². The minimum absolute atomic E-state index is 0.0374. The first-order chi connectivity index (χ1) is 8.06. The molecule has 1 aliphatic rings. The Hall–Kier alpha value is -1.62. The van der Waals surface area contributed by atoms with Gasteiger partial charge < -0.3 is 5.73 Å². The molecule has 1 aromatic carbocycles. The summed E-state index contributed by atoms with van der Waals surface area (Å²) in [6, 6.07) is 7.26. The number of aliphatic imine (C=N–C) groups is 1. The molecule has 0 bridgehead atoms. The lowest BCUT2D eigenvalue weighted by atomic mass is 10.1. The zero-order valence-corrected chi connectivity index (χ0v) is 10.2. The molecule has 1 atom stereocenters. The van der Waals surface area contributed by atoms with Crippen molar-refractivity contribution in [3.8, 4) is 0 Å². The molecule has 0 aromatic heterocycles. The smallest absolute Gasteiger partial charge is 0.261 e. The number of amidine groups is 1. The van der Waals surface area contributed by atoms with E-state index in [9.17, 15) is 9.59 Å². The average molecular weight is 248 g/mol. The molecule has 0 saturated carbocycles. The van der Waals surface area contributed by atoms with E-state index in [4.69, 9.17) is 5.73 Å². The van der Waals surface area contributed by atoms with E-state index in [2.05, 4.69) is 4.99 Å². The number of carbonyl (C=O) groups excluding carboxylic acids is 2. The van der Waals surface area contributed by atoms with E-state index in [0.717, 1.165) is 5.56 Å². The van der Waals surface area contributed by atoms with Crippen LogP contribution in [0.25, 0.3) is 0 Å². The molecule has 0 saturated heterocycles. The van der Waals surface area contributed by atoms with Gasteiger partial charge >= 0.3 is 0 Å². The van der Waals surface area contributed by atoms with Crippen LogP contribution in [0.2, 0.25) is 0 Å². The molecule has 1 heterocycles. The van der Waals surface area contributed by atoms with E-state index < -0.39 is 0 Å². The number of hydrogen-bond donors (Lipinski definition) is 1. The maximum Gasteiger partial charge on any atom is 0.261 e. The summed E-state index contributed by atoms with van der Waals surface area (Å²) < 4.78 is 0. The van der Waals surface area contributed by atoms with Gasteiger partial charge in [0.1, 0.15) is 0 Å². The molecule has 0 spiro atoms. The zero-order valence-electron chi connectivity index (χ0n) is 9.34. The molecule has 1 aromatic rings. The monoisotopic (exact) mass is 248 g/mol. The Kier molecular flexibility index (Phi) is 3.28. The number of hydrogen-bond acceptors (Lipinski definition) is 4. The molecule has 1 amide bonds. The van der Waals surface area contributed by atoms with Gasteiger partial charge in [0, 0.05) is 5.56 Å². The third kappa shape index (κ3) is 2.74. The molecular weight excluding hydrogens is 236 g/mol. The van der Waals surface area contributed by atoms with E-state index in [0.29, 0.717) is 17.2 Å². The topological polar surface area (TPSA) is 72.5 Å². The van der Waals surface area contributed by atoms with Gasteiger partial charge in [-0.2, -0.15) is 4.99 Å². The van der Waals surface area contributed by atoms with E-state index >= 15 is 0 Å². The fraction of sp³-hybridized carbons (Fsp3) is 0.250. The molecule has 0 unspecified atom stereocenters. The van der Waals surface area contributed by atoms with Crippen LogP contribution in [-0.4, -0.2) is 22.1 Å². The summed E-state index contributed by atoms with van der Waals surface area (Å²) in [6.07, 6.45) is 0.589. The zero-order chi connectivity index (χ0) is 12.4. The van der Waals surface area contributed by atoms with Crippen LogP contribution in [0.1, 0.15) is 22.8 Å². The third-order valence-electron chi connectivity index (χ3n) is 2.54. The molecule has 88 valence electrons. The summed E-state index contributed by atoms with van der Waals surface area (Å²) in [7, 11) is 0. The van der Waals surface area contributed by atoms with Gasteiger partial charge in [-0.05, 0) is 18.9 Å². The summed E-state index contributed by atoms with van der Waals surface area (Å²) in [6.45, 7) is 1.53. The second-order valence-corrected chi connectivity index (χ2v) is 5.08. The molecule has 17 heavy (non-hydrogen) atoms. The summed E-state index contributed by atoms with van der Waals surface area (Å²) >= 11 is 1.29. The average Bonchev–Trinajstić information content (AvgIpc) is 2.58. The van der Waals surface area contributed by atoms with E-state index in [1.807, 2.05) is 12.1 Å². The standard InChI is InChI=1S/C12H12N2O2S/c1-7(15)9-4-2-8(3-5-9)6-10-11(16)14-12(13)17-10/h2-5,10H,6H2,1H3,(H2,13,14,16)/t10-/m0/s1. The highest BCUT2D eigenvalue weighted by molar-refractivity contribution is 8.15. The first-order valence-electron chi connectivity index (χ1n) is 5.21. The van der Waals surface area contributed by atoms with Gasteiger partial charge in [-0.1, -0.05) is 36.0 Å². The Balaban J connectivity index is 2.05. The highest BCUT2D eigenvalue weighted by Crippen LogP contribution is 2.23. The molecule has 5 heteroatoms. The number of rotatable bonds is 3. The van der Waals surface area contributed by atoms with Gasteiger partial charge in [0.2, 0.25) is 0 Å². The van der Waals surface area contributed by atoms with Gasteiger partial charge in [0.25, 0.3) is 5.91 Å². The Labute approximate surface area is 103 Å². The van der Waals surface area contributed by atoms with E-state index in [-0.39, 0.29) is 16.9 Å². The molecule has 1 aliphatic heterocycles. The number of benzene rings is 1. The molecular formula is C12H12N2O2S. The van der Waals surface area contributed by atoms with Gasteiger partial charge in [-0.15, -0.1) is 0 Å². The minimum atomic E-state index is -0.224. The van der Waals surface area contributed by atoms with Crippen molar-refractivity contribution in [1.29, 1.82) is 0 Å². The number of thioether (sulfide) groups is 1. The number of ketones is 1. The second kappa shape index (κ2) is 4.71. The predicted octanol–water partition coefficient (Wildman–Crippen LogP) is 1.39. The molecule has 2 rings (SSSR count). The van der Waals surface area contributed by atoms with Crippen molar-refractivity contribution in [3.05, 3.63) is 35.4 Å². The van der Waals surface area contributed by atoms with Crippen molar-refractivity contribution in [3.63, 3.8) is 0 Å². The number of nitrogens with zero attached hydrogens (tertiary/aromatic N) is 1. The number of carbonyl (C=O) groups is 2. The van der Waals surface area contributed by atoms with Crippen LogP contribution in [0.3, 0.4) is 0 Å². The van der Waals surface area contributed by atoms with Crippen LogP contribution < -0.4 is 5.73 Å². The second-order valence-electron chi connectivity index (χ2n) is 3.85. The fourth-order valence-corrected chi connectivity index (χ4v) is 2.49. The first-order valence-corrected chi connectivity index (χ1v) is 6.09. The summed E-state index contributed by atoms with van der Waals surface area (Å²) in [5.41, 5.74) is 7.16. The lowest BCUT2D eigenvalue weighted by Gasteiger charge is -2.06. The normalized spacial score (nSPS) is 19.2. The molecule has 0 aliphatic carbocycles. The van der Waals surface area contributed by atoms with Gasteiger partial charge in [0.05, 0.1) is 5.25 Å². The van der Waals surface area contributed by atoms with E-state index in [1.165, 1.54) is 18.7 Å². The van der Waals surface area contributed by atoms with Gasteiger partial charge in [0.15, 0.2) is 11.0 Å². The first kappa shape index (κ1) is 11.9. The van der Waals surface area contributed by atoms with Crippen molar-refractivity contribution in [2.24, 2.45) is 10.7 Å². The fourth-order valence-electron chi connectivity index (χ4n) is 1.62. The maximum absolute atomic E-state index is 11.4. The van der Waals surface area contributed by atoms with Gasteiger partial charge in [-0.25, -0.2) is 0 Å². The van der Waals surface area contributed by atoms with Crippen molar-refractivity contribution in [1.82, 2.24) is 0 Å². The number of Topliss-reactive ketones (excluding diaryl/α,β-unsaturated/α-hetero) is 1. The Morgan fingerprint density at radius 1 is 1.41 bits per heavy atom. The van der Waals surface area contributed by atoms with Crippen LogP contribution in [0, 0.1) is 0 Å². The Morgan fingerprint density at radius 3 is 2.53 bits per heavy atom. The van der Waals surface area contributed by atoms with Crippen molar-refractivity contribution in [2.75, 3.05) is 0 Å². The van der Waals surface area contributed by atoms with E-state index in [1.54, 1.807) is 12.1 Å². The highest BCUT2D eigenvalue weighted by Gasteiger charge is 2.26. The molecule has 0 fully saturated rings. The quantitative estimate of drug-likeness (QED) is 0.820. The molecule has 0 radical (unpaired) electrons. The Bertz CT molecular complexity index is 494. The lowest BCUT2D eigenvalue weighted by Crippen LogP contribution is -2.14. The van der Waals surface area contributed by atoms with Crippen LogP contribution in [-0.2, 0) is 11.2 Å². The Morgan fingerprint density at radius 2 is 2.06 bits per heavy atom.